The lowest BCUT2D eigenvalue weighted by Gasteiger charge is -2.38. The first kappa shape index (κ1) is 19.8. The van der Waals surface area contributed by atoms with E-state index in [0.717, 1.165) is 23.3 Å². The first-order valence-electron chi connectivity index (χ1n) is 9.05. The molecule has 1 aliphatic rings. The minimum absolute atomic E-state index is 0.0286. The van der Waals surface area contributed by atoms with Crippen LogP contribution >= 0.6 is 0 Å². The monoisotopic (exact) mass is 412 g/mol. The van der Waals surface area contributed by atoms with Crippen LogP contribution in [0.25, 0.3) is 22.4 Å². The average molecular weight is 412 g/mol. The second-order valence-electron chi connectivity index (χ2n) is 8.06. The highest BCUT2D eigenvalue weighted by molar-refractivity contribution is 5.84. The van der Waals surface area contributed by atoms with E-state index in [0.29, 0.717) is 22.4 Å². The fourth-order valence-corrected chi connectivity index (χ4v) is 4.19. The predicted molar refractivity (Wildman–Crippen MR) is 97.7 cm³/mol. The van der Waals surface area contributed by atoms with Crippen LogP contribution in [0.2, 0.25) is 0 Å². The van der Waals surface area contributed by atoms with Crippen LogP contribution < -0.4 is 0 Å². The molecule has 0 N–H and O–H groups in total. The van der Waals surface area contributed by atoms with Crippen molar-refractivity contribution in [1.29, 1.82) is 0 Å². The van der Waals surface area contributed by atoms with Crippen LogP contribution in [0, 0.1) is 13.8 Å². The number of aryl methyl sites for hydroxylation is 2. The zero-order valence-electron chi connectivity index (χ0n) is 16.0. The van der Waals surface area contributed by atoms with Gasteiger partial charge in [-0.1, -0.05) is 13.0 Å². The van der Waals surface area contributed by atoms with Gasteiger partial charge in [-0.25, -0.2) is 4.98 Å². The van der Waals surface area contributed by atoms with Crippen LogP contribution in [0.1, 0.15) is 35.6 Å². The Labute approximate surface area is 163 Å². The Morgan fingerprint density at radius 2 is 1.66 bits per heavy atom. The summed E-state index contributed by atoms with van der Waals surface area (Å²) in [6.07, 6.45) is -10.4. The molecule has 29 heavy (non-hydrogen) atoms. The summed E-state index contributed by atoms with van der Waals surface area (Å²) >= 11 is 0. The number of rotatable bonds is 1. The molecule has 0 saturated carbocycles. The number of aromatic nitrogens is 2. The van der Waals surface area contributed by atoms with E-state index in [4.69, 9.17) is 0 Å². The van der Waals surface area contributed by atoms with Gasteiger partial charge in [0, 0.05) is 17.5 Å². The Balaban J connectivity index is 2.02. The number of hydrogen-bond donors (Lipinski definition) is 0. The molecule has 1 aromatic heterocycles. The first-order chi connectivity index (χ1) is 13.3. The second-order valence-corrected chi connectivity index (χ2v) is 8.06. The summed E-state index contributed by atoms with van der Waals surface area (Å²) in [7, 11) is 0. The van der Waals surface area contributed by atoms with Crippen LogP contribution in [0.15, 0.2) is 30.3 Å². The zero-order chi connectivity index (χ0) is 21.4. The van der Waals surface area contributed by atoms with Crippen molar-refractivity contribution in [3.63, 3.8) is 0 Å². The third kappa shape index (κ3) is 3.28. The molecule has 0 spiro atoms. The summed E-state index contributed by atoms with van der Waals surface area (Å²) in [5, 5.41) is 0. The lowest BCUT2D eigenvalue weighted by molar-refractivity contribution is -0.148. The Kier molecular flexibility index (Phi) is 4.09. The molecular weight excluding hydrogens is 394 g/mol. The van der Waals surface area contributed by atoms with E-state index in [1.165, 1.54) is 13.0 Å². The predicted octanol–water partition coefficient (Wildman–Crippen LogP) is 6.56. The van der Waals surface area contributed by atoms with Crippen molar-refractivity contribution >= 4 is 11.0 Å². The number of nitrogens with zero attached hydrogens (tertiary/aromatic N) is 2. The number of benzene rings is 2. The molecular formula is C21H18F6N2. The quantitative estimate of drug-likeness (QED) is 0.414. The summed E-state index contributed by atoms with van der Waals surface area (Å²) in [5.41, 5.74) is 1.08. The molecule has 1 unspecified atom stereocenters. The number of hydrogen-bond acceptors (Lipinski definition) is 1. The van der Waals surface area contributed by atoms with E-state index in [1.54, 1.807) is 4.57 Å². The number of alkyl halides is 6. The van der Waals surface area contributed by atoms with E-state index < -0.39 is 29.8 Å². The van der Waals surface area contributed by atoms with Crippen LogP contribution in [0.5, 0.6) is 0 Å². The van der Waals surface area contributed by atoms with Crippen LogP contribution in [0.4, 0.5) is 26.3 Å². The van der Waals surface area contributed by atoms with Crippen LogP contribution in [-0.4, -0.2) is 15.7 Å². The standard InChI is InChI=1S/C21H18F6N2/c1-11-6-16-17(7-12(11)2)29-10-19(3,9-20(22,23)24)15-8-13(21(25,26)27)4-5-14(15)18(29)28-16/h4-8H,9-10H2,1-3H3. The van der Waals surface area contributed by atoms with Crippen molar-refractivity contribution < 1.29 is 26.3 Å². The molecule has 1 aliphatic heterocycles. The number of fused-ring (bicyclic) bond motifs is 5. The van der Waals surface area contributed by atoms with Gasteiger partial charge in [0.2, 0.25) is 0 Å². The summed E-state index contributed by atoms with van der Waals surface area (Å²) < 4.78 is 81.7. The molecule has 0 radical (unpaired) electrons. The van der Waals surface area contributed by atoms with Gasteiger partial charge in [-0.2, -0.15) is 26.3 Å². The van der Waals surface area contributed by atoms with Crippen LogP contribution in [-0.2, 0) is 18.1 Å². The van der Waals surface area contributed by atoms with E-state index in [1.807, 2.05) is 26.0 Å². The Hall–Kier alpha value is -2.51. The molecule has 0 bridgehead atoms. The molecule has 0 amide bonds. The van der Waals surface area contributed by atoms with E-state index >= 15 is 0 Å². The maximum atomic E-state index is 13.4. The molecule has 154 valence electrons. The normalized spacial score (nSPS) is 19.3. The average Bonchev–Trinajstić information content (AvgIpc) is 2.90. The molecule has 2 aromatic carbocycles. The summed E-state index contributed by atoms with van der Waals surface area (Å²) in [6, 6.07) is 6.70. The van der Waals surface area contributed by atoms with Crippen molar-refractivity contribution in [2.45, 2.75) is 51.5 Å². The largest absolute Gasteiger partial charge is 0.416 e. The molecule has 0 saturated heterocycles. The molecule has 2 heterocycles. The first-order valence-corrected chi connectivity index (χ1v) is 9.05. The molecule has 1 atom stereocenters. The van der Waals surface area contributed by atoms with E-state index in [2.05, 4.69) is 4.98 Å². The summed E-state index contributed by atoms with van der Waals surface area (Å²) in [6.45, 7) is 5.07. The van der Waals surface area contributed by atoms with Crippen LogP contribution in [0.3, 0.4) is 0 Å². The molecule has 0 aliphatic carbocycles. The summed E-state index contributed by atoms with van der Waals surface area (Å²) in [4.78, 5) is 4.55. The maximum Gasteiger partial charge on any atom is 0.416 e. The Morgan fingerprint density at radius 1 is 1.00 bits per heavy atom. The van der Waals surface area contributed by atoms with Crippen molar-refractivity contribution in [1.82, 2.24) is 9.55 Å². The van der Waals surface area contributed by atoms with Gasteiger partial charge in [-0.3, -0.25) is 0 Å². The third-order valence-electron chi connectivity index (χ3n) is 5.70. The Morgan fingerprint density at radius 3 is 2.28 bits per heavy atom. The third-order valence-corrected chi connectivity index (χ3v) is 5.70. The molecule has 4 rings (SSSR count). The van der Waals surface area contributed by atoms with Gasteiger partial charge in [0.05, 0.1) is 23.0 Å². The lowest BCUT2D eigenvalue weighted by Crippen LogP contribution is -2.37. The van der Waals surface area contributed by atoms with Gasteiger partial charge < -0.3 is 4.57 Å². The molecule has 0 fully saturated rings. The van der Waals surface area contributed by atoms with Gasteiger partial charge in [0.15, 0.2) is 0 Å². The topological polar surface area (TPSA) is 17.8 Å². The smallest absolute Gasteiger partial charge is 0.323 e. The molecule has 2 nitrogen and oxygen atoms in total. The lowest BCUT2D eigenvalue weighted by atomic mass is 9.74. The maximum absolute atomic E-state index is 13.4. The minimum atomic E-state index is -4.64. The zero-order valence-corrected chi connectivity index (χ0v) is 16.0. The van der Waals surface area contributed by atoms with Crippen molar-refractivity contribution in [2.24, 2.45) is 0 Å². The highest BCUT2D eigenvalue weighted by Gasteiger charge is 2.46. The number of halogens is 6. The SMILES string of the molecule is Cc1cc2nc3n(c2cc1C)CC(C)(CC(F)(F)F)c1cc(C(F)(F)F)ccc1-3. The van der Waals surface area contributed by atoms with Gasteiger partial charge in [0.1, 0.15) is 5.82 Å². The molecule has 3 aromatic rings. The van der Waals surface area contributed by atoms with Crippen molar-refractivity contribution in [2.75, 3.05) is 0 Å². The fourth-order valence-electron chi connectivity index (χ4n) is 4.19. The van der Waals surface area contributed by atoms with Gasteiger partial charge in [-0.05, 0) is 54.8 Å². The summed E-state index contributed by atoms with van der Waals surface area (Å²) in [5.74, 6) is 0.397. The highest BCUT2D eigenvalue weighted by Crippen LogP contribution is 2.48. The Bertz CT molecular complexity index is 1120. The van der Waals surface area contributed by atoms with E-state index in [-0.39, 0.29) is 12.1 Å². The number of imidazole rings is 1. The van der Waals surface area contributed by atoms with Crippen molar-refractivity contribution in [3.8, 4) is 11.4 Å². The van der Waals surface area contributed by atoms with E-state index in [9.17, 15) is 26.3 Å². The van der Waals surface area contributed by atoms with Gasteiger partial charge in [0.25, 0.3) is 0 Å². The van der Waals surface area contributed by atoms with Crippen molar-refractivity contribution in [3.05, 3.63) is 52.6 Å². The fraction of sp³-hybridized carbons (Fsp3) is 0.381. The molecule has 8 heteroatoms. The van der Waals surface area contributed by atoms with Gasteiger partial charge >= 0.3 is 12.4 Å². The minimum Gasteiger partial charge on any atom is -0.323 e. The highest BCUT2D eigenvalue weighted by atomic mass is 19.4. The second kappa shape index (κ2) is 6.00. The van der Waals surface area contributed by atoms with Gasteiger partial charge in [-0.15, -0.1) is 0 Å².